The number of hydrogen-bond acceptors (Lipinski definition) is 8. The Bertz CT molecular complexity index is 2010. The summed E-state index contributed by atoms with van der Waals surface area (Å²) in [5.74, 6) is -4.24. The molecule has 4 aromatic carbocycles. The predicted octanol–water partition coefficient (Wildman–Crippen LogP) is 5.41. The third-order valence-corrected chi connectivity index (χ3v) is 8.75. The molecular weight excluding hydrogens is 598 g/mol. The summed E-state index contributed by atoms with van der Waals surface area (Å²) in [5.41, 5.74) is 0.468. The van der Waals surface area contributed by atoms with E-state index in [9.17, 15) is 19.7 Å². The fraction of sp³-hybridized carbons (Fsp3) is 0.143. The Morgan fingerprint density at radius 1 is 0.617 bits per heavy atom. The zero-order valence-electron chi connectivity index (χ0n) is 25.3. The van der Waals surface area contributed by atoms with Crippen LogP contribution in [0.5, 0.6) is 0 Å². The fourth-order valence-electron chi connectivity index (χ4n) is 6.62. The summed E-state index contributed by atoms with van der Waals surface area (Å²) in [6.45, 7) is 3.30. The van der Waals surface area contributed by atoms with Gasteiger partial charge in [0.25, 0.3) is 23.4 Å². The minimum Gasteiger partial charge on any atom is -0.272 e. The molecule has 0 spiro atoms. The van der Waals surface area contributed by atoms with Gasteiger partial charge < -0.3 is 0 Å². The summed E-state index contributed by atoms with van der Waals surface area (Å²) >= 11 is 0. The molecule has 0 saturated carbocycles. The highest BCUT2D eigenvalue weighted by molar-refractivity contribution is 6.35. The molecule has 0 unspecified atom stereocenters. The number of amides is 3. The van der Waals surface area contributed by atoms with Gasteiger partial charge in [-0.1, -0.05) is 54.6 Å². The van der Waals surface area contributed by atoms with Crippen LogP contribution in [0.4, 0.5) is 22.7 Å². The van der Waals surface area contributed by atoms with Gasteiger partial charge >= 0.3 is 0 Å². The van der Waals surface area contributed by atoms with Crippen molar-refractivity contribution in [3.63, 3.8) is 0 Å². The number of carbonyl (C=O) groups excluding carboxylic acids is 3. The van der Waals surface area contributed by atoms with Gasteiger partial charge in [-0.05, 0) is 67.9 Å². The van der Waals surface area contributed by atoms with E-state index in [2.05, 4.69) is 5.10 Å². The molecule has 7 rings (SSSR count). The van der Waals surface area contributed by atoms with Crippen LogP contribution in [0, 0.1) is 27.4 Å². The van der Waals surface area contributed by atoms with Crippen LogP contribution in [-0.4, -0.2) is 39.8 Å². The van der Waals surface area contributed by atoms with Crippen molar-refractivity contribution in [1.29, 1.82) is 0 Å². The Morgan fingerprint density at radius 3 is 1.60 bits per heavy atom. The largest absolute Gasteiger partial charge is 0.272 e. The normalized spacial score (nSPS) is 22.5. The van der Waals surface area contributed by atoms with Crippen molar-refractivity contribution in [2.75, 3.05) is 15.0 Å². The van der Waals surface area contributed by atoms with Gasteiger partial charge in [0, 0.05) is 17.8 Å². The zero-order valence-corrected chi connectivity index (χ0v) is 25.3. The summed E-state index contributed by atoms with van der Waals surface area (Å²) < 4.78 is 0. The number of benzene rings is 4. The SMILES string of the molecule is CC1=NN(c2ccccc2)C(=O)[C@@H]1[C@]1([C@H]2C(=O)N(c3ccccc3)N=C2c2ccc([N+](=O)[O-])cc2)C(=O)N(c2ccccc2)N=C1C. The molecule has 12 heteroatoms. The minimum absolute atomic E-state index is 0.151. The van der Waals surface area contributed by atoms with E-state index in [0.717, 1.165) is 0 Å². The minimum atomic E-state index is -1.90. The second-order valence-corrected chi connectivity index (χ2v) is 11.4. The van der Waals surface area contributed by atoms with Crippen LogP contribution in [0.2, 0.25) is 0 Å². The van der Waals surface area contributed by atoms with Crippen LogP contribution in [0.25, 0.3) is 0 Å². The van der Waals surface area contributed by atoms with Crippen molar-refractivity contribution in [2.45, 2.75) is 13.8 Å². The molecule has 0 bridgehead atoms. The average Bonchev–Trinajstić information content (AvgIpc) is 3.69. The van der Waals surface area contributed by atoms with Crippen molar-refractivity contribution in [1.82, 2.24) is 0 Å². The molecule has 4 aromatic rings. The van der Waals surface area contributed by atoms with Crippen LogP contribution >= 0.6 is 0 Å². The lowest BCUT2D eigenvalue weighted by atomic mass is 9.59. The van der Waals surface area contributed by atoms with E-state index in [1.807, 2.05) is 6.07 Å². The topological polar surface area (TPSA) is 141 Å². The van der Waals surface area contributed by atoms with E-state index in [-0.39, 0.29) is 17.1 Å². The summed E-state index contributed by atoms with van der Waals surface area (Å²) in [4.78, 5) is 55.5. The molecule has 3 aliphatic heterocycles. The highest BCUT2D eigenvalue weighted by Gasteiger charge is 2.69. The van der Waals surface area contributed by atoms with Crippen molar-refractivity contribution < 1.29 is 19.3 Å². The second-order valence-electron chi connectivity index (χ2n) is 11.4. The van der Waals surface area contributed by atoms with E-state index in [1.165, 1.54) is 39.3 Å². The lowest BCUT2D eigenvalue weighted by Crippen LogP contribution is -2.59. The van der Waals surface area contributed by atoms with Gasteiger partial charge in [0.1, 0.15) is 17.3 Å². The van der Waals surface area contributed by atoms with Crippen molar-refractivity contribution in [3.8, 4) is 0 Å². The Labute approximate surface area is 269 Å². The molecule has 232 valence electrons. The molecule has 47 heavy (non-hydrogen) atoms. The van der Waals surface area contributed by atoms with Gasteiger partial charge in [-0.2, -0.15) is 25.3 Å². The summed E-state index contributed by atoms with van der Waals surface area (Å²) in [5, 5.41) is 29.3. The molecule has 3 amide bonds. The third-order valence-electron chi connectivity index (χ3n) is 8.75. The van der Waals surface area contributed by atoms with E-state index < -0.39 is 39.9 Å². The quantitative estimate of drug-likeness (QED) is 0.200. The standard InChI is InChI=1S/C35H27N7O5/c1-22-29(32(43)39(36-22)25-12-6-3-7-13-25)35(23(2)37-41(34(35)45)27-16-10-5-11-17-27)30-31(24-18-20-28(21-19-24)42(46)47)38-40(33(30)44)26-14-8-4-9-15-26/h3-21,29-30H,1-2H3/t29-,30-,35-/m1/s1. The van der Waals surface area contributed by atoms with Crippen molar-refractivity contribution >= 4 is 57.6 Å². The molecule has 0 fully saturated rings. The summed E-state index contributed by atoms with van der Waals surface area (Å²) in [7, 11) is 0. The number of rotatable bonds is 7. The van der Waals surface area contributed by atoms with Crippen LogP contribution in [0.15, 0.2) is 131 Å². The van der Waals surface area contributed by atoms with Gasteiger partial charge in [0.2, 0.25) is 0 Å². The van der Waals surface area contributed by atoms with E-state index in [0.29, 0.717) is 28.3 Å². The maximum atomic E-state index is 15.1. The first-order valence-electron chi connectivity index (χ1n) is 14.8. The van der Waals surface area contributed by atoms with Crippen molar-refractivity contribution in [3.05, 3.63) is 131 Å². The van der Waals surface area contributed by atoms with E-state index in [4.69, 9.17) is 10.2 Å². The molecule has 0 N–H and O–H groups in total. The van der Waals surface area contributed by atoms with Crippen LogP contribution in [0.3, 0.4) is 0 Å². The van der Waals surface area contributed by atoms with Crippen LogP contribution in [0.1, 0.15) is 19.4 Å². The number of para-hydroxylation sites is 3. The summed E-state index contributed by atoms with van der Waals surface area (Å²) in [6.07, 6.45) is 0. The van der Waals surface area contributed by atoms with Gasteiger partial charge in [-0.15, -0.1) is 0 Å². The maximum absolute atomic E-state index is 15.1. The van der Waals surface area contributed by atoms with E-state index >= 15 is 4.79 Å². The molecule has 0 radical (unpaired) electrons. The molecule has 3 aliphatic rings. The number of hydrazone groups is 3. The zero-order chi connectivity index (χ0) is 32.9. The smallest absolute Gasteiger partial charge is 0.269 e. The number of hydrogen-bond donors (Lipinski definition) is 0. The molecule has 0 saturated heterocycles. The monoisotopic (exact) mass is 625 g/mol. The Morgan fingerprint density at radius 2 is 1.09 bits per heavy atom. The Kier molecular flexibility index (Phi) is 7.04. The summed E-state index contributed by atoms with van der Waals surface area (Å²) in [6, 6.07) is 32.0. The molecule has 3 heterocycles. The number of nitro benzene ring substituents is 1. The highest BCUT2D eigenvalue weighted by Crippen LogP contribution is 2.52. The Hall–Kier alpha value is -6.30. The van der Waals surface area contributed by atoms with Crippen LogP contribution in [-0.2, 0) is 14.4 Å². The third kappa shape index (κ3) is 4.52. The molecule has 3 atom stereocenters. The first kappa shape index (κ1) is 29.4. The number of anilines is 3. The number of nitro groups is 1. The first-order chi connectivity index (χ1) is 22.7. The Balaban J connectivity index is 1.46. The lowest BCUT2D eigenvalue weighted by Gasteiger charge is -2.37. The average molecular weight is 626 g/mol. The second kappa shape index (κ2) is 11.2. The molecule has 0 aromatic heterocycles. The number of non-ortho nitro benzene ring substituents is 1. The highest BCUT2D eigenvalue weighted by atomic mass is 16.6. The van der Waals surface area contributed by atoms with Gasteiger partial charge in [-0.3, -0.25) is 24.5 Å². The number of nitrogens with zero attached hydrogens (tertiary/aromatic N) is 7. The molecule has 12 nitrogen and oxygen atoms in total. The van der Waals surface area contributed by atoms with Gasteiger partial charge in [0.15, 0.2) is 0 Å². The lowest BCUT2D eigenvalue weighted by molar-refractivity contribution is -0.384. The van der Waals surface area contributed by atoms with Gasteiger partial charge in [-0.25, -0.2) is 5.01 Å². The predicted molar refractivity (Wildman–Crippen MR) is 177 cm³/mol. The maximum Gasteiger partial charge on any atom is 0.269 e. The molecule has 0 aliphatic carbocycles. The van der Waals surface area contributed by atoms with Crippen LogP contribution < -0.4 is 15.0 Å². The van der Waals surface area contributed by atoms with Gasteiger partial charge in [0.05, 0.1) is 33.4 Å². The number of carbonyl (C=O) groups is 3. The first-order valence-corrected chi connectivity index (χ1v) is 14.8. The molecular formula is C35H27N7O5. The van der Waals surface area contributed by atoms with E-state index in [1.54, 1.807) is 98.8 Å². The fourth-order valence-corrected chi connectivity index (χ4v) is 6.62. The van der Waals surface area contributed by atoms with Crippen molar-refractivity contribution in [2.24, 2.45) is 32.6 Å².